The molecule has 1 saturated heterocycles. The molecule has 27 heavy (non-hydrogen) atoms. The van der Waals surface area contributed by atoms with Crippen molar-refractivity contribution in [3.63, 3.8) is 0 Å². The maximum Gasteiger partial charge on any atom is 0.318 e. The number of halogens is 3. The summed E-state index contributed by atoms with van der Waals surface area (Å²) in [6.45, 7) is 2.41. The molecule has 146 valence electrons. The largest absolute Gasteiger partial charge is 0.353 e. The number of rotatable bonds is 3. The van der Waals surface area contributed by atoms with E-state index >= 15 is 0 Å². The first kappa shape index (κ1) is 18.5. The zero-order chi connectivity index (χ0) is 19.3. The van der Waals surface area contributed by atoms with Crippen LogP contribution >= 0.6 is 11.6 Å². The molecule has 1 aromatic carbocycles. The van der Waals surface area contributed by atoms with E-state index in [4.69, 9.17) is 11.6 Å². The van der Waals surface area contributed by atoms with E-state index in [1.807, 2.05) is 0 Å². The highest BCUT2D eigenvalue weighted by atomic mass is 35.5. The highest BCUT2D eigenvalue weighted by molar-refractivity contribution is 6.31. The Hall–Kier alpha value is -1.89. The SMILES string of the molecule is C[C@@H]1C(=O)NCCN1C(=O)N[C@@H](c1ccc(F)c(Cl)c1F)C1CC2(CC2)C1. The molecule has 5 nitrogen and oxygen atoms in total. The second kappa shape index (κ2) is 6.62. The van der Waals surface area contributed by atoms with Gasteiger partial charge in [-0.25, -0.2) is 13.6 Å². The molecule has 2 atom stereocenters. The van der Waals surface area contributed by atoms with Crippen LogP contribution in [0.3, 0.4) is 0 Å². The van der Waals surface area contributed by atoms with Crippen LogP contribution in [-0.4, -0.2) is 36.0 Å². The van der Waals surface area contributed by atoms with Gasteiger partial charge in [0.05, 0.1) is 6.04 Å². The molecule has 1 spiro atoms. The lowest BCUT2D eigenvalue weighted by atomic mass is 9.67. The van der Waals surface area contributed by atoms with E-state index in [1.165, 1.54) is 23.8 Å². The molecule has 3 aliphatic rings. The van der Waals surface area contributed by atoms with Gasteiger partial charge in [0.25, 0.3) is 0 Å². The van der Waals surface area contributed by atoms with Gasteiger partial charge >= 0.3 is 6.03 Å². The molecule has 3 amide bonds. The summed E-state index contributed by atoms with van der Waals surface area (Å²) in [5.41, 5.74) is 0.552. The summed E-state index contributed by atoms with van der Waals surface area (Å²) in [4.78, 5) is 26.1. The molecule has 0 aromatic heterocycles. The first-order valence-corrected chi connectivity index (χ1v) is 9.67. The van der Waals surface area contributed by atoms with Crippen LogP contribution < -0.4 is 10.6 Å². The molecule has 0 unspecified atom stereocenters. The summed E-state index contributed by atoms with van der Waals surface area (Å²) >= 11 is 5.76. The Labute approximate surface area is 161 Å². The van der Waals surface area contributed by atoms with Gasteiger partial charge in [-0.05, 0) is 50.0 Å². The molecule has 1 aromatic rings. The van der Waals surface area contributed by atoms with Gasteiger partial charge in [-0.15, -0.1) is 0 Å². The van der Waals surface area contributed by atoms with Crippen LogP contribution in [0.5, 0.6) is 0 Å². The minimum Gasteiger partial charge on any atom is -0.353 e. The Morgan fingerprint density at radius 3 is 2.74 bits per heavy atom. The Balaban J connectivity index is 1.58. The van der Waals surface area contributed by atoms with Crippen molar-refractivity contribution in [2.75, 3.05) is 13.1 Å². The summed E-state index contributed by atoms with van der Waals surface area (Å²) in [7, 11) is 0. The number of nitrogens with zero attached hydrogens (tertiary/aromatic N) is 1. The maximum atomic E-state index is 14.7. The fourth-order valence-corrected chi connectivity index (χ4v) is 4.55. The molecular weight excluding hydrogens is 376 g/mol. The summed E-state index contributed by atoms with van der Waals surface area (Å²) in [5, 5.41) is 5.05. The van der Waals surface area contributed by atoms with Crippen molar-refractivity contribution < 1.29 is 18.4 Å². The number of carbonyl (C=O) groups excluding carboxylic acids is 2. The summed E-state index contributed by atoms with van der Waals surface area (Å²) in [6, 6.07) is 0.865. The van der Waals surface area contributed by atoms with Crippen LogP contribution in [-0.2, 0) is 4.79 Å². The van der Waals surface area contributed by atoms with Crippen molar-refractivity contribution in [1.29, 1.82) is 0 Å². The number of nitrogens with one attached hydrogen (secondary N) is 2. The van der Waals surface area contributed by atoms with Crippen LogP contribution in [0, 0.1) is 23.0 Å². The van der Waals surface area contributed by atoms with Gasteiger partial charge in [-0.1, -0.05) is 17.7 Å². The van der Waals surface area contributed by atoms with Gasteiger partial charge in [0.1, 0.15) is 22.7 Å². The molecule has 1 heterocycles. The first-order valence-electron chi connectivity index (χ1n) is 9.29. The van der Waals surface area contributed by atoms with Crippen molar-refractivity contribution in [2.45, 2.75) is 44.7 Å². The lowest BCUT2D eigenvalue weighted by Gasteiger charge is -2.43. The Morgan fingerprint density at radius 1 is 1.37 bits per heavy atom. The van der Waals surface area contributed by atoms with Gasteiger partial charge < -0.3 is 15.5 Å². The van der Waals surface area contributed by atoms with E-state index in [0.717, 1.165) is 18.9 Å². The van der Waals surface area contributed by atoms with Gasteiger partial charge in [-0.2, -0.15) is 0 Å². The number of carbonyl (C=O) groups is 2. The third kappa shape index (κ3) is 3.26. The van der Waals surface area contributed by atoms with E-state index in [2.05, 4.69) is 10.6 Å². The molecule has 1 aliphatic heterocycles. The Morgan fingerprint density at radius 2 is 2.07 bits per heavy atom. The summed E-state index contributed by atoms with van der Waals surface area (Å²) < 4.78 is 28.3. The van der Waals surface area contributed by atoms with Crippen molar-refractivity contribution in [3.05, 3.63) is 34.4 Å². The maximum absolute atomic E-state index is 14.7. The third-order valence-electron chi connectivity index (χ3n) is 6.26. The molecule has 0 bridgehead atoms. The van der Waals surface area contributed by atoms with Crippen molar-refractivity contribution in [1.82, 2.24) is 15.5 Å². The predicted octanol–water partition coefficient (Wildman–Crippen LogP) is 3.38. The summed E-state index contributed by atoms with van der Waals surface area (Å²) in [6.07, 6.45) is 4.14. The van der Waals surface area contributed by atoms with Gasteiger partial charge in [0, 0.05) is 18.7 Å². The predicted molar refractivity (Wildman–Crippen MR) is 96.2 cm³/mol. The fraction of sp³-hybridized carbons (Fsp3) is 0.579. The minimum atomic E-state index is -0.830. The smallest absolute Gasteiger partial charge is 0.318 e. The molecule has 4 rings (SSSR count). The van der Waals surface area contributed by atoms with Crippen LogP contribution in [0.15, 0.2) is 12.1 Å². The number of piperazine rings is 1. The third-order valence-corrected chi connectivity index (χ3v) is 6.60. The monoisotopic (exact) mass is 397 g/mol. The minimum absolute atomic E-state index is 0.0707. The molecule has 2 saturated carbocycles. The topological polar surface area (TPSA) is 61.4 Å². The number of benzene rings is 1. The Bertz CT molecular complexity index is 791. The number of amides is 3. The lowest BCUT2D eigenvalue weighted by molar-refractivity contribution is -0.127. The molecule has 3 fully saturated rings. The van der Waals surface area contributed by atoms with Crippen LogP contribution in [0.2, 0.25) is 5.02 Å². The molecule has 2 aliphatic carbocycles. The second-order valence-electron chi connectivity index (χ2n) is 8.02. The zero-order valence-corrected chi connectivity index (χ0v) is 15.8. The number of hydrogen-bond donors (Lipinski definition) is 2. The van der Waals surface area contributed by atoms with Crippen molar-refractivity contribution in [3.8, 4) is 0 Å². The molecule has 0 radical (unpaired) electrons. The number of urea groups is 1. The normalized spacial score (nSPS) is 25.0. The second-order valence-corrected chi connectivity index (χ2v) is 8.40. The van der Waals surface area contributed by atoms with Crippen LogP contribution in [0.25, 0.3) is 0 Å². The lowest BCUT2D eigenvalue weighted by Crippen LogP contribution is -2.59. The highest BCUT2D eigenvalue weighted by Gasteiger charge is 2.55. The Kier molecular flexibility index (Phi) is 4.53. The molecular formula is C19H22ClF2N3O2. The van der Waals surface area contributed by atoms with E-state index in [9.17, 15) is 18.4 Å². The van der Waals surface area contributed by atoms with Crippen LogP contribution in [0.1, 0.15) is 44.2 Å². The van der Waals surface area contributed by atoms with E-state index in [-0.39, 0.29) is 17.4 Å². The average Bonchev–Trinajstić information content (AvgIpc) is 3.40. The van der Waals surface area contributed by atoms with Gasteiger partial charge in [-0.3, -0.25) is 4.79 Å². The van der Waals surface area contributed by atoms with Crippen molar-refractivity contribution >= 4 is 23.5 Å². The van der Waals surface area contributed by atoms with E-state index < -0.39 is 34.8 Å². The molecule has 2 N–H and O–H groups in total. The van der Waals surface area contributed by atoms with Gasteiger partial charge in [0.2, 0.25) is 5.91 Å². The number of hydrogen-bond acceptors (Lipinski definition) is 2. The average molecular weight is 398 g/mol. The van der Waals surface area contributed by atoms with E-state index in [0.29, 0.717) is 18.5 Å². The van der Waals surface area contributed by atoms with Gasteiger partial charge in [0.15, 0.2) is 0 Å². The first-order chi connectivity index (χ1) is 12.8. The highest BCUT2D eigenvalue weighted by Crippen LogP contribution is 2.65. The summed E-state index contributed by atoms with van der Waals surface area (Å²) in [5.74, 6) is -1.80. The van der Waals surface area contributed by atoms with E-state index in [1.54, 1.807) is 6.92 Å². The zero-order valence-electron chi connectivity index (χ0n) is 15.0. The molecule has 8 heteroatoms. The quantitative estimate of drug-likeness (QED) is 0.768. The van der Waals surface area contributed by atoms with Crippen LogP contribution in [0.4, 0.5) is 13.6 Å². The fourth-order valence-electron chi connectivity index (χ4n) is 4.38. The van der Waals surface area contributed by atoms with Crippen molar-refractivity contribution in [2.24, 2.45) is 11.3 Å². The standard InChI is InChI=1S/C19H22ClF2N3O2/c1-10-17(26)23-6-7-25(10)18(27)24-16(11-8-19(9-11)4-5-19)12-2-3-13(21)14(20)15(12)22/h2-3,10-11,16H,4-9H2,1H3,(H,23,26)(H,24,27)/t10-,16-/m1/s1.